The van der Waals surface area contributed by atoms with Crippen LogP contribution in [0.1, 0.15) is 46.0 Å². The second-order valence-corrected chi connectivity index (χ2v) is 3.26. The average molecular weight is 196 g/mol. The zero-order valence-electron chi connectivity index (χ0n) is 8.10. The molecule has 0 aromatic carbocycles. The van der Waals surface area contributed by atoms with Crippen LogP contribution in [0.2, 0.25) is 0 Å². The minimum atomic E-state index is -0.0495. The van der Waals surface area contributed by atoms with E-state index in [0.717, 1.165) is 12.8 Å². The van der Waals surface area contributed by atoms with Crippen LogP contribution in [0.5, 0.6) is 0 Å². The summed E-state index contributed by atoms with van der Waals surface area (Å²) in [7, 11) is 0. The zero-order chi connectivity index (χ0) is 9.40. The normalized spacial score (nSPS) is 11.6. The molecule has 0 radical (unpaired) electrons. The van der Waals surface area contributed by atoms with Crippen LogP contribution in [0, 0.1) is 5.92 Å². The van der Waals surface area contributed by atoms with Gasteiger partial charge >= 0.3 is 29.6 Å². The fraction of sp³-hybridized carbons (Fsp3) is 0.889. The SMILES string of the molecule is CCCCCC[C@H](C)C(=O)NN.[NaH]. The van der Waals surface area contributed by atoms with Crippen LogP contribution in [-0.4, -0.2) is 35.5 Å². The molecule has 0 saturated carbocycles. The monoisotopic (exact) mass is 196 g/mol. The van der Waals surface area contributed by atoms with Gasteiger partial charge in [0.2, 0.25) is 5.91 Å². The fourth-order valence-corrected chi connectivity index (χ4v) is 1.15. The van der Waals surface area contributed by atoms with Crippen molar-refractivity contribution >= 4 is 35.5 Å². The van der Waals surface area contributed by atoms with Crippen molar-refractivity contribution in [2.75, 3.05) is 0 Å². The second kappa shape index (κ2) is 10.5. The van der Waals surface area contributed by atoms with E-state index in [2.05, 4.69) is 12.3 Å². The van der Waals surface area contributed by atoms with Gasteiger partial charge in [-0.1, -0.05) is 39.5 Å². The average Bonchev–Trinajstić information content (AvgIpc) is 2.10. The summed E-state index contributed by atoms with van der Waals surface area (Å²) in [6.45, 7) is 4.09. The Morgan fingerprint density at radius 1 is 1.38 bits per heavy atom. The van der Waals surface area contributed by atoms with Gasteiger partial charge in [-0.3, -0.25) is 10.2 Å². The van der Waals surface area contributed by atoms with Gasteiger partial charge in [0.15, 0.2) is 0 Å². The summed E-state index contributed by atoms with van der Waals surface area (Å²) in [5.74, 6) is 5.02. The van der Waals surface area contributed by atoms with Crippen molar-refractivity contribution in [3.63, 3.8) is 0 Å². The Morgan fingerprint density at radius 3 is 2.46 bits per heavy atom. The number of carbonyl (C=O) groups excluding carboxylic acids is 1. The molecule has 0 spiro atoms. The molecular weight excluding hydrogens is 175 g/mol. The van der Waals surface area contributed by atoms with Crippen molar-refractivity contribution in [3.05, 3.63) is 0 Å². The van der Waals surface area contributed by atoms with E-state index in [1.807, 2.05) is 6.92 Å². The van der Waals surface area contributed by atoms with Gasteiger partial charge in [-0.05, 0) is 6.42 Å². The number of carbonyl (C=O) groups is 1. The van der Waals surface area contributed by atoms with E-state index >= 15 is 0 Å². The van der Waals surface area contributed by atoms with Gasteiger partial charge in [0.05, 0.1) is 0 Å². The second-order valence-electron chi connectivity index (χ2n) is 3.26. The number of nitrogens with one attached hydrogen (secondary N) is 1. The van der Waals surface area contributed by atoms with E-state index < -0.39 is 0 Å². The van der Waals surface area contributed by atoms with Gasteiger partial charge in [-0.25, -0.2) is 5.84 Å². The molecule has 0 heterocycles. The van der Waals surface area contributed by atoms with Crippen LogP contribution in [0.25, 0.3) is 0 Å². The quantitative estimate of drug-likeness (QED) is 0.218. The van der Waals surface area contributed by atoms with Gasteiger partial charge in [-0.2, -0.15) is 0 Å². The molecule has 0 saturated heterocycles. The van der Waals surface area contributed by atoms with Crippen LogP contribution in [0.4, 0.5) is 0 Å². The summed E-state index contributed by atoms with van der Waals surface area (Å²) in [6.07, 6.45) is 5.79. The van der Waals surface area contributed by atoms with Crippen molar-refractivity contribution in [1.29, 1.82) is 0 Å². The maximum absolute atomic E-state index is 10.9. The number of hydrazine groups is 1. The summed E-state index contributed by atoms with van der Waals surface area (Å²) >= 11 is 0. The summed E-state index contributed by atoms with van der Waals surface area (Å²) in [5.41, 5.74) is 2.17. The van der Waals surface area contributed by atoms with Crippen molar-refractivity contribution in [2.45, 2.75) is 46.0 Å². The molecule has 0 aliphatic heterocycles. The maximum atomic E-state index is 10.9. The van der Waals surface area contributed by atoms with Gasteiger partial charge in [0.1, 0.15) is 0 Å². The van der Waals surface area contributed by atoms with Crippen LogP contribution in [0.3, 0.4) is 0 Å². The van der Waals surface area contributed by atoms with E-state index in [0.29, 0.717) is 0 Å². The van der Waals surface area contributed by atoms with E-state index in [1.54, 1.807) is 0 Å². The Balaban J connectivity index is 0. The van der Waals surface area contributed by atoms with Gasteiger partial charge in [0, 0.05) is 5.92 Å². The van der Waals surface area contributed by atoms with Gasteiger partial charge in [-0.15, -0.1) is 0 Å². The molecule has 3 N–H and O–H groups in total. The summed E-state index contributed by atoms with van der Waals surface area (Å²) in [5, 5.41) is 0. The molecule has 1 atom stereocenters. The third kappa shape index (κ3) is 8.75. The molecule has 4 heteroatoms. The van der Waals surface area contributed by atoms with Crippen LogP contribution < -0.4 is 11.3 Å². The number of hydrogen-bond acceptors (Lipinski definition) is 2. The molecule has 74 valence electrons. The van der Waals surface area contributed by atoms with Crippen molar-refractivity contribution in [2.24, 2.45) is 11.8 Å². The summed E-state index contributed by atoms with van der Waals surface area (Å²) in [6, 6.07) is 0. The predicted molar refractivity (Wildman–Crippen MR) is 57.4 cm³/mol. The molecule has 0 fully saturated rings. The Labute approximate surface area is 103 Å². The molecule has 0 aromatic heterocycles. The zero-order valence-corrected chi connectivity index (χ0v) is 8.10. The van der Waals surface area contributed by atoms with E-state index in [-0.39, 0.29) is 41.4 Å². The number of nitrogens with two attached hydrogens (primary N) is 1. The Kier molecular flexibility index (Phi) is 12.8. The summed E-state index contributed by atoms with van der Waals surface area (Å²) < 4.78 is 0. The van der Waals surface area contributed by atoms with Crippen LogP contribution >= 0.6 is 0 Å². The third-order valence-corrected chi connectivity index (χ3v) is 2.08. The van der Waals surface area contributed by atoms with Crippen molar-refractivity contribution in [3.8, 4) is 0 Å². The van der Waals surface area contributed by atoms with Crippen molar-refractivity contribution < 1.29 is 4.79 Å². The first-order valence-electron chi connectivity index (χ1n) is 4.72. The Hall–Kier alpha value is 0.430. The molecule has 1 amide bonds. The first kappa shape index (κ1) is 15.9. The summed E-state index contributed by atoms with van der Waals surface area (Å²) in [4.78, 5) is 10.9. The van der Waals surface area contributed by atoms with Crippen LogP contribution in [0.15, 0.2) is 0 Å². The number of unbranched alkanes of at least 4 members (excludes halogenated alkanes) is 3. The van der Waals surface area contributed by atoms with Crippen molar-refractivity contribution in [1.82, 2.24) is 5.43 Å². The first-order valence-corrected chi connectivity index (χ1v) is 4.72. The number of hydrogen-bond donors (Lipinski definition) is 2. The molecule has 3 nitrogen and oxygen atoms in total. The Morgan fingerprint density at radius 2 is 2.00 bits per heavy atom. The molecule has 13 heavy (non-hydrogen) atoms. The van der Waals surface area contributed by atoms with E-state index in [1.165, 1.54) is 19.3 Å². The molecule has 0 rings (SSSR count). The van der Waals surface area contributed by atoms with Gasteiger partial charge < -0.3 is 0 Å². The minimum absolute atomic E-state index is 0. The van der Waals surface area contributed by atoms with E-state index in [4.69, 9.17) is 5.84 Å². The fourth-order valence-electron chi connectivity index (χ4n) is 1.15. The first-order chi connectivity index (χ1) is 5.72. The topological polar surface area (TPSA) is 55.1 Å². The molecular formula is C9H21N2NaO. The predicted octanol–water partition coefficient (Wildman–Crippen LogP) is 0.934. The molecule has 0 unspecified atom stereocenters. The number of rotatable bonds is 6. The third-order valence-electron chi connectivity index (χ3n) is 2.08. The molecule has 0 aliphatic rings. The number of amides is 1. The Bertz CT molecular complexity index is 131. The van der Waals surface area contributed by atoms with Gasteiger partial charge in [0.25, 0.3) is 0 Å². The van der Waals surface area contributed by atoms with E-state index in [9.17, 15) is 4.79 Å². The van der Waals surface area contributed by atoms with Crippen LogP contribution in [-0.2, 0) is 4.79 Å². The molecule has 0 bridgehead atoms. The molecule has 0 aliphatic carbocycles. The molecule has 0 aromatic rings. The standard InChI is InChI=1S/C9H20N2O.Na.H/c1-3-4-5-6-7-8(2)9(12)11-10;;/h8H,3-7,10H2,1-2H3,(H,11,12);;/t8-;;/m0../s1.